The second-order valence-corrected chi connectivity index (χ2v) is 7.15. The monoisotopic (exact) mass is 272 g/mol. The number of nitrogens with one attached hydrogen (secondary N) is 1. The van der Waals surface area contributed by atoms with Crippen molar-refractivity contribution in [3.63, 3.8) is 0 Å². The van der Waals surface area contributed by atoms with Gasteiger partial charge in [-0.3, -0.25) is 0 Å². The highest BCUT2D eigenvalue weighted by Gasteiger charge is 2.41. The Morgan fingerprint density at radius 3 is 2.65 bits per heavy atom. The second kappa shape index (κ2) is 5.40. The van der Waals surface area contributed by atoms with Gasteiger partial charge in [-0.25, -0.2) is 0 Å². The Balaban J connectivity index is 1.89. The van der Waals surface area contributed by atoms with Crippen LogP contribution in [0.5, 0.6) is 0 Å². The summed E-state index contributed by atoms with van der Waals surface area (Å²) in [7, 11) is 0. The molecule has 0 amide bonds. The summed E-state index contributed by atoms with van der Waals surface area (Å²) in [6.45, 7) is 9.20. The van der Waals surface area contributed by atoms with Gasteiger partial charge in [0.15, 0.2) is 0 Å². The van der Waals surface area contributed by atoms with Gasteiger partial charge in [0.2, 0.25) is 0 Å². The summed E-state index contributed by atoms with van der Waals surface area (Å²) in [5, 5.41) is 3.90. The van der Waals surface area contributed by atoms with Crippen LogP contribution in [0.1, 0.15) is 45.1 Å². The van der Waals surface area contributed by atoms with Crippen LogP contribution in [-0.4, -0.2) is 24.7 Å². The van der Waals surface area contributed by atoms with E-state index in [1.807, 2.05) is 0 Å². The Morgan fingerprint density at radius 1 is 1.25 bits per heavy atom. The Bertz CT molecular complexity index is 460. The molecule has 2 fully saturated rings. The van der Waals surface area contributed by atoms with E-state index in [0.717, 1.165) is 6.54 Å². The molecule has 0 aromatic heterocycles. The van der Waals surface area contributed by atoms with Gasteiger partial charge < -0.3 is 10.2 Å². The van der Waals surface area contributed by atoms with Crippen molar-refractivity contribution in [2.75, 3.05) is 18.0 Å². The summed E-state index contributed by atoms with van der Waals surface area (Å²) in [5.41, 5.74) is 3.16. The zero-order chi connectivity index (χ0) is 14.2. The summed E-state index contributed by atoms with van der Waals surface area (Å²) in [5.74, 6) is 0.682. The molecule has 1 unspecified atom stereocenters. The van der Waals surface area contributed by atoms with Crippen LogP contribution in [0.4, 0.5) is 5.69 Å². The topological polar surface area (TPSA) is 15.3 Å². The minimum Gasteiger partial charge on any atom is -0.365 e. The highest BCUT2D eigenvalue weighted by Crippen LogP contribution is 2.36. The number of rotatable bonds is 2. The third kappa shape index (κ3) is 2.58. The molecule has 1 aliphatic carbocycles. The molecular weight excluding hydrogens is 244 g/mol. The summed E-state index contributed by atoms with van der Waals surface area (Å²) in [6, 6.07) is 9.65. The molecule has 0 bridgehead atoms. The maximum atomic E-state index is 3.90. The van der Waals surface area contributed by atoms with Crippen molar-refractivity contribution >= 4 is 5.69 Å². The molecule has 1 atom stereocenters. The van der Waals surface area contributed by atoms with Gasteiger partial charge in [0, 0.05) is 30.4 Å². The van der Waals surface area contributed by atoms with Crippen molar-refractivity contribution in [1.82, 2.24) is 5.32 Å². The second-order valence-electron chi connectivity index (χ2n) is 7.15. The van der Waals surface area contributed by atoms with E-state index in [0.29, 0.717) is 17.5 Å². The maximum absolute atomic E-state index is 3.90. The van der Waals surface area contributed by atoms with Gasteiger partial charge in [-0.1, -0.05) is 38.8 Å². The number of anilines is 1. The average molecular weight is 272 g/mol. The SMILES string of the molecule is Cc1cccc(N2CC3(CCCC3)NCC2C(C)C)c1. The van der Waals surface area contributed by atoms with Crippen molar-refractivity contribution in [3.8, 4) is 0 Å². The first kappa shape index (κ1) is 13.9. The Kier molecular flexibility index (Phi) is 3.76. The van der Waals surface area contributed by atoms with Gasteiger partial charge in [0.05, 0.1) is 0 Å². The number of hydrogen-bond donors (Lipinski definition) is 1. The molecule has 1 aromatic carbocycles. The van der Waals surface area contributed by atoms with Crippen LogP contribution in [0.2, 0.25) is 0 Å². The van der Waals surface area contributed by atoms with Crippen molar-refractivity contribution < 1.29 is 0 Å². The van der Waals surface area contributed by atoms with Crippen molar-refractivity contribution in [3.05, 3.63) is 29.8 Å². The molecule has 1 heterocycles. The Labute approximate surface area is 123 Å². The fourth-order valence-corrected chi connectivity index (χ4v) is 4.00. The molecule has 110 valence electrons. The third-order valence-corrected chi connectivity index (χ3v) is 5.22. The molecule has 1 N–H and O–H groups in total. The number of hydrogen-bond acceptors (Lipinski definition) is 2. The van der Waals surface area contributed by atoms with E-state index in [2.05, 4.69) is 55.3 Å². The van der Waals surface area contributed by atoms with Gasteiger partial charge in [-0.2, -0.15) is 0 Å². The van der Waals surface area contributed by atoms with Crippen molar-refractivity contribution in [2.45, 2.75) is 58.0 Å². The lowest BCUT2D eigenvalue weighted by Gasteiger charge is -2.49. The first-order valence-corrected chi connectivity index (χ1v) is 8.18. The van der Waals surface area contributed by atoms with Gasteiger partial charge in [0.1, 0.15) is 0 Å². The highest BCUT2D eigenvalue weighted by atomic mass is 15.3. The molecule has 2 heteroatoms. The van der Waals surface area contributed by atoms with Crippen molar-refractivity contribution in [1.29, 1.82) is 0 Å². The first-order valence-electron chi connectivity index (χ1n) is 8.18. The van der Waals surface area contributed by atoms with E-state index in [-0.39, 0.29) is 0 Å². The zero-order valence-corrected chi connectivity index (χ0v) is 13.2. The van der Waals surface area contributed by atoms with Crippen LogP contribution in [-0.2, 0) is 0 Å². The van der Waals surface area contributed by atoms with E-state index in [9.17, 15) is 0 Å². The van der Waals surface area contributed by atoms with E-state index in [4.69, 9.17) is 0 Å². The number of aryl methyl sites for hydroxylation is 1. The molecule has 0 radical (unpaired) electrons. The van der Waals surface area contributed by atoms with Gasteiger partial charge in [-0.05, 0) is 43.4 Å². The highest BCUT2D eigenvalue weighted by molar-refractivity contribution is 5.51. The van der Waals surface area contributed by atoms with E-state index in [1.165, 1.54) is 43.5 Å². The van der Waals surface area contributed by atoms with E-state index < -0.39 is 0 Å². The van der Waals surface area contributed by atoms with Crippen LogP contribution in [0.3, 0.4) is 0 Å². The number of nitrogens with zero attached hydrogens (tertiary/aromatic N) is 1. The molecule has 1 aromatic rings. The predicted octanol–water partition coefficient (Wildman–Crippen LogP) is 3.74. The largest absolute Gasteiger partial charge is 0.365 e. The molecule has 2 aliphatic rings. The summed E-state index contributed by atoms with van der Waals surface area (Å²) < 4.78 is 0. The Hall–Kier alpha value is -1.02. The third-order valence-electron chi connectivity index (χ3n) is 5.22. The van der Waals surface area contributed by atoms with Crippen molar-refractivity contribution in [2.24, 2.45) is 5.92 Å². The lowest BCUT2D eigenvalue weighted by molar-refractivity contribution is 0.245. The summed E-state index contributed by atoms with van der Waals surface area (Å²) in [4.78, 5) is 2.68. The molecule has 3 rings (SSSR count). The fraction of sp³-hybridized carbons (Fsp3) is 0.667. The minimum absolute atomic E-state index is 0.384. The molecule has 1 aliphatic heterocycles. The molecule has 20 heavy (non-hydrogen) atoms. The molecular formula is C18H28N2. The van der Waals surface area contributed by atoms with Crippen LogP contribution >= 0.6 is 0 Å². The van der Waals surface area contributed by atoms with Gasteiger partial charge in [-0.15, -0.1) is 0 Å². The lowest BCUT2D eigenvalue weighted by atomic mass is 9.88. The molecule has 2 nitrogen and oxygen atoms in total. The molecule has 1 saturated carbocycles. The smallest absolute Gasteiger partial charge is 0.0438 e. The van der Waals surface area contributed by atoms with Crippen LogP contribution in [0.25, 0.3) is 0 Å². The van der Waals surface area contributed by atoms with Crippen LogP contribution < -0.4 is 10.2 Å². The normalized spacial score (nSPS) is 25.6. The zero-order valence-electron chi connectivity index (χ0n) is 13.2. The van der Waals surface area contributed by atoms with E-state index >= 15 is 0 Å². The van der Waals surface area contributed by atoms with Crippen LogP contribution in [0, 0.1) is 12.8 Å². The number of benzene rings is 1. The lowest BCUT2D eigenvalue weighted by Crippen LogP contribution is -2.64. The van der Waals surface area contributed by atoms with Gasteiger partial charge >= 0.3 is 0 Å². The molecule has 1 spiro atoms. The fourth-order valence-electron chi connectivity index (χ4n) is 4.00. The van der Waals surface area contributed by atoms with Crippen LogP contribution in [0.15, 0.2) is 24.3 Å². The maximum Gasteiger partial charge on any atom is 0.0438 e. The predicted molar refractivity (Wildman–Crippen MR) is 86.4 cm³/mol. The van der Waals surface area contributed by atoms with Gasteiger partial charge in [0.25, 0.3) is 0 Å². The molecule has 1 saturated heterocycles. The standard InChI is InChI=1S/C18H28N2/c1-14(2)17-12-19-18(9-4-5-10-18)13-20(17)16-8-6-7-15(3)11-16/h6-8,11,14,17,19H,4-5,9-10,12-13H2,1-3H3. The Morgan fingerprint density at radius 2 is 2.00 bits per heavy atom. The average Bonchev–Trinajstić information content (AvgIpc) is 2.86. The minimum atomic E-state index is 0.384. The quantitative estimate of drug-likeness (QED) is 0.882. The van der Waals surface area contributed by atoms with E-state index in [1.54, 1.807) is 0 Å². The number of piperazine rings is 1. The summed E-state index contributed by atoms with van der Waals surface area (Å²) >= 11 is 0. The first-order chi connectivity index (χ1) is 9.60. The summed E-state index contributed by atoms with van der Waals surface area (Å²) in [6.07, 6.45) is 5.47.